The van der Waals surface area contributed by atoms with Crippen molar-refractivity contribution in [1.29, 1.82) is 0 Å². The van der Waals surface area contributed by atoms with E-state index in [2.05, 4.69) is 19.9 Å². The largest absolute Gasteiger partial charge is 0.340 e. The van der Waals surface area contributed by atoms with Gasteiger partial charge in [0, 0.05) is 18.5 Å². The lowest BCUT2D eigenvalue weighted by atomic mass is 9.93. The first-order valence-electron chi connectivity index (χ1n) is 7.00. The van der Waals surface area contributed by atoms with E-state index in [-0.39, 0.29) is 11.3 Å². The van der Waals surface area contributed by atoms with Crippen LogP contribution in [0.2, 0.25) is 0 Å². The van der Waals surface area contributed by atoms with Gasteiger partial charge in [-0.05, 0) is 49.3 Å². The van der Waals surface area contributed by atoms with Crippen LogP contribution < -0.4 is 5.73 Å². The van der Waals surface area contributed by atoms with E-state index >= 15 is 0 Å². The second-order valence-electron chi connectivity index (χ2n) is 6.30. The van der Waals surface area contributed by atoms with E-state index in [9.17, 15) is 4.79 Å². The minimum absolute atomic E-state index is 0.0265. The lowest BCUT2D eigenvalue weighted by Gasteiger charge is -2.28. The average Bonchev–Trinajstić information content (AvgIpc) is 2.81. The molecule has 106 valence electrons. The molecule has 19 heavy (non-hydrogen) atoms. The van der Waals surface area contributed by atoms with Crippen LogP contribution in [0.3, 0.4) is 0 Å². The highest BCUT2D eigenvalue weighted by atomic mass is 32.1. The van der Waals surface area contributed by atoms with Gasteiger partial charge in [-0.25, -0.2) is 0 Å². The van der Waals surface area contributed by atoms with E-state index in [0.29, 0.717) is 13.1 Å². The van der Waals surface area contributed by atoms with E-state index in [0.717, 1.165) is 17.7 Å². The van der Waals surface area contributed by atoms with Crippen molar-refractivity contribution in [3.63, 3.8) is 0 Å². The van der Waals surface area contributed by atoms with Crippen LogP contribution >= 0.6 is 11.3 Å². The van der Waals surface area contributed by atoms with Gasteiger partial charge in [0.15, 0.2) is 0 Å². The fourth-order valence-electron chi connectivity index (χ4n) is 2.56. The molecule has 2 N–H and O–H groups in total. The highest BCUT2D eigenvalue weighted by Gasteiger charge is 2.24. The first-order chi connectivity index (χ1) is 8.93. The van der Waals surface area contributed by atoms with Crippen LogP contribution in [0.15, 0.2) is 6.07 Å². The van der Waals surface area contributed by atoms with E-state index < -0.39 is 0 Å². The molecule has 0 saturated carbocycles. The Morgan fingerprint density at radius 1 is 1.42 bits per heavy atom. The normalized spacial score (nSPS) is 15.2. The summed E-state index contributed by atoms with van der Waals surface area (Å²) in [4.78, 5) is 16.6. The first-order valence-corrected chi connectivity index (χ1v) is 7.82. The molecule has 0 atom stereocenters. The van der Waals surface area contributed by atoms with E-state index in [1.807, 2.05) is 11.9 Å². The van der Waals surface area contributed by atoms with Crippen LogP contribution in [0.4, 0.5) is 0 Å². The van der Waals surface area contributed by atoms with Crippen molar-refractivity contribution < 1.29 is 4.79 Å². The number of nitrogens with zero attached hydrogens (tertiary/aromatic N) is 1. The van der Waals surface area contributed by atoms with Crippen molar-refractivity contribution in [1.82, 2.24) is 4.90 Å². The Hall–Kier alpha value is -0.870. The zero-order valence-corrected chi connectivity index (χ0v) is 13.0. The van der Waals surface area contributed by atoms with E-state index in [4.69, 9.17) is 5.73 Å². The summed E-state index contributed by atoms with van der Waals surface area (Å²) in [6, 6.07) is 2.10. The van der Waals surface area contributed by atoms with Crippen molar-refractivity contribution in [2.24, 2.45) is 11.1 Å². The van der Waals surface area contributed by atoms with Gasteiger partial charge in [0.2, 0.25) is 0 Å². The molecule has 0 unspecified atom stereocenters. The SMILES string of the molecule is CN(CC(C)(C)CN)C(=O)c1cc2c(s1)CCCC2. The van der Waals surface area contributed by atoms with Gasteiger partial charge in [0.25, 0.3) is 5.91 Å². The van der Waals surface area contributed by atoms with Crippen LogP contribution in [0.5, 0.6) is 0 Å². The second-order valence-corrected chi connectivity index (χ2v) is 7.43. The minimum Gasteiger partial charge on any atom is -0.340 e. The Bertz CT molecular complexity index is 441. The number of hydrogen-bond acceptors (Lipinski definition) is 3. The molecule has 0 radical (unpaired) electrons. The fourth-order valence-corrected chi connectivity index (χ4v) is 3.81. The molecular formula is C15H24N2OS. The molecule has 0 aliphatic heterocycles. The molecule has 1 aliphatic carbocycles. The van der Waals surface area contributed by atoms with Crippen molar-refractivity contribution in [3.05, 3.63) is 21.4 Å². The molecule has 1 amide bonds. The van der Waals surface area contributed by atoms with Gasteiger partial charge in [0.1, 0.15) is 0 Å². The monoisotopic (exact) mass is 280 g/mol. The van der Waals surface area contributed by atoms with Gasteiger partial charge < -0.3 is 10.6 Å². The van der Waals surface area contributed by atoms with Gasteiger partial charge in [-0.15, -0.1) is 11.3 Å². The Balaban J connectivity index is 2.09. The summed E-state index contributed by atoms with van der Waals surface area (Å²) in [5.41, 5.74) is 7.11. The molecule has 1 aromatic rings. The Kier molecular flexibility index (Phi) is 4.31. The van der Waals surface area contributed by atoms with Crippen LogP contribution in [-0.4, -0.2) is 30.9 Å². The number of hydrogen-bond donors (Lipinski definition) is 1. The van der Waals surface area contributed by atoms with Gasteiger partial charge in [0.05, 0.1) is 4.88 Å². The quantitative estimate of drug-likeness (QED) is 0.921. The number of amides is 1. The number of thiophene rings is 1. The standard InChI is InChI=1S/C15H24N2OS/c1-15(2,9-16)10-17(3)14(18)13-8-11-6-4-5-7-12(11)19-13/h8H,4-7,9-10,16H2,1-3H3. The molecule has 0 saturated heterocycles. The van der Waals surface area contributed by atoms with Crippen molar-refractivity contribution >= 4 is 17.2 Å². The minimum atomic E-state index is -0.0265. The van der Waals surface area contributed by atoms with Gasteiger partial charge in [-0.1, -0.05) is 13.8 Å². The number of rotatable bonds is 4. The van der Waals surface area contributed by atoms with Crippen LogP contribution in [0, 0.1) is 5.41 Å². The Morgan fingerprint density at radius 2 is 2.11 bits per heavy atom. The predicted molar refractivity (Wildman–Crippen MR) is 80.8 cm³/mol. The third-order valence-corrected chi connectivity index (χ3v) is 5.00. The van der Waals surface area contributed by atoms with Gasteiger partial charge in [-0.3, -0.25) is 4.79 Å². The molecule has 1 aromatic heterocycles. The molecule has 0 aromatic carbocycles. The van der Waals surface area contributed by atoms with Gasteiger partial charge >= 0.3 is 0 Å². The average molecular weight is 280 g/mol. The van der Waals surface area contributed by atoms with Crippen LogP contribution in [0.1, 0.15) is 46.8 Å². The third kappa shape index (κ3) is 3.37. The Morgan fingerprint density at radius 3 is 2.74 bits per heavy atom. The predicted octanol–water partition coefficient (Wildman–Crippen LogP) is 2.68. The highest BCUT2D eigenvalue weighted by Crippen LogP contribution is 2.30. The zero-order valence-electron chi connectivity index (χ0n) is 12.2. The summed E-state index contributed by atoms with van der Waals surface area (Å²) in [5, 5.41) is 0. The number of fused-ring (bicyclic) bond motifs is 1. The summed E-state index contributed by atoms with van der Waals surface area (Å²) in [5.74, 6) is 0.140. The van der Waals surface area contributed by atoms with E-state index in [1.54, 1.807) is 11.3 Å². The smallest absolute Gasteiger partial charge is 0.263 e. The topological polar surface area (TPSA) is 46.3 Å². The molecule has 1 aliphatic rings. The molecule has 1 heterocycles. The van der Waals surface area contributed by atoms with Crippen molar-refractivity contribution in [2.75, 3.05) is 20.1 Å². The molecular weight excluding hydrogens is 256 g/mol. The number of carbonyl (C=O) groups is 1. The molecule has 0 bridgehead atoms. The zero-order chi connectivity index (χ0) is 14.0. The lowest BCUT2D eigenvalue weighted by Crippen LogP contribution is -2.39. The number of aryl methyl sites for hydroxylation is 2. The summed E-state index contributed by atoms with van der Waals surface area (Å²) in [7, 11) is 1.87. The summed E-state index contributed by atoms with van der Waals surface area (Å²) in [6.07, 6.45) is 4.80. The maximum Gasteiger partial charge on any atom is 0.263 e. The molecule has 2 rings (SSSR count). The second kappa shape index (κ2) is 5.63. The van der Waals surface area contributed by atoms with Crippen molar-refractivity contribution in [3.8, 4) is 0 Å². The lowest BCUT2D eigenvalue weighted by molar-refractivity contribution is 0.0745. The maximum absolute atomic E-state index is 12.5. The van der Waals surface area contributed by atoms with Crippen molar-refractivity contribution in [2.45, 2.75) is 39.5 Å². The third-order valence-electron chi connectivity index (χ3n) is 3.77. The molecule has 3 nitrogen and oxygen atoms in total. The van der Waals surface area contributed by atoms with Crippen LogP contribution in [-0.2, 0) is 12.8 Å². The summed E-state index contributed by atoms with van der Waals surface area (Å²) in [6.45, 7) is 5.48. The highest BCUT2D eigenvalue weighted by molar-refractivity contribution is 7.14. The summed E-state index contributed by atoms with van der Waals surface area (Å²) < 4.78 is 0. The fraction of sp³-hybridized carbons (Fsp3) is 0.667. The maximum atomic E-state index is 12.5. The number of carbonyl (C=O) groups excluding carboxylic acids is 1. The van der Waals surface area contributed by atoms with Crippen LogP contribution in [0.25, 0.3) is 0 Å². The van der Waals surface area contributed by atoms with E-state index in [1.165, 1.54) is 23.3 Å². The molecule has 0 spiro atoms. The first kappa shape index (κ1) is 14.5. The Labute approximate surface area is 119 Å². The molecule has 4 heteroatoms. The number of nitrogens with two attached hydrogens (primary N) is 1. The molecule has 0 fully saturated rings. The van der Waals surface area contributed by atoms with Gasteiger partial charge in [-0.2, -0.15) is 0 Å². The summed E-state index contributed by atoms with van der Waals surface area (Å²) >= 11 is 1.68.